The smallest absolute Gasteiger partial charge is 0.243 e. The summed E-state index contributed by atoms with van der Waals surface area (Å²) in [5, 5.41) is 3.70. The molecule has 0 unspecified atom stereocenters. The zero-order valence-corrected chi connectivity index (χ0v) is 20.4. The SMILES string of the molecule is O=C(NC1CCCC1)[C@H](Cc1ccccc1)N(Cc1ccc(F)cc1)C(=O)Cc1ccccc1Cl. The quantitative estimate of drug-likeness (QED) is 0.415. The van der Waals surface area contributed by atoms with E-state index in [4.69, 9.17) is 11.6 Å². The van der Waals surface area contributed by atoms with E-state index in [9.17, 15) is 14.0 Å². The third-order valence-electron chi connectivity index (χ3n) is 6.54. The molecule has 1 N–H and O–H groups in total. The van der Waals surface area contributed by atoms with Gasteiger partial charge in [0, 0.05) is 24.0 Å². The van der Waals surface area contributed by atoms with Crippen LogP contribution in [0.2, 0.25) is 5.02 Å². The molecule has 1 saturated carbocycles. The number of amides is 2. The minimum absolute atomic E-state index is 0.0723. The molecule has 0 spiro atoms. The average molecular weight is 493 g/mol. The highest BCUT2D eigenvalue weighted by Crippen LogP contribution is 2.22. The highest BCUT2D eigenvalue weighted by Gasteiger charge is 2.32. The van der Waals surface area contributed by atoms with E-state index in [0.29, 0.717) is 17.0 Å². The second-order valence-electron chi connectivity index (χ2n) is 9.11. The first-order valence-electron chi connectivity index (χ1n) is 12.1. The Bertz CT molecular complexity index is 1130. The summed E-state index contributed by atoms with van der Waals surface area (Å²) >= 11 is 6.34. The number of hydrogen-bond donors (Lipinski definition) is 1. The molecule has 1 aliphatic carbocycles. The molecule has 4 rings (SSSR count). The fourth-order valence-corrected chi connectivity index (χ4v) is 4.82. The number of benzene rings is 3. The zero-order valence-electron chi connectivity index (χ0n) is 19.6. The van der Waals surface area contributed by atoms with Crippen molar-refractivity contribution in [3.8, 4) is 0 Å². The van der Waals surface area contributed by atoms with Crippen molar-refractivity contribution >= 4 is 23.4 Å². The standard InChI is InChI=1S/C29H30ClFN2O2/c30-26-13-7-4-10-23(26)19-28(34)33(20-22-14-16-24(31)17-15-22)27(18-21-8-2-1-3-9-21)29(35)32-25-11-5-6-12-25/h1-4,7-10,13-17,25,27H,5-6,11-12,18-20H2,(H,32,35)/t27-/m0/s1. The molecular weight excluding hydrogens is 463 g/mol. The monoisotopic (exact) mass is 492 g/mol. The molecule has 6 heteroatoms. The largest absolute Gasteiger partial charge is 0.352 e. The summed E-state index contributed by atoms with van der Waals surface area (Å²) in [6, 6.07) is 22.4. The number of rotatable bonds is 9. The van der Waals surface area contributed by atoms with Gasteiger partial charge in [-0.3, -0.25) is 9.59 Å². The Balaban J connectivity index is 1.66. The first kappa shape index (κ1) is 24.9. The Morgan fingerprint density at radius 3 is 2.26 bits per heavy atom. The van der Waals surface area contributed by atoms with Gasteiger partial charge in [0.25, 0.3) is 0 Å². The van der Waals surface area contributed by atoms with Gasteiger partial charge in [-0.05, 0) is 47.7 Å². The second kappa shape index (κ2) is 12.0. The molecule has 2 amide bonds. The number of carbonyl (C=O) groups excluding carboxylic acids is 2. The molecule has 0 aromatic heterocycles. The Hall–Kier alpha value is -3.18. The molecule has 3 aromatic rings. The maximum Gasteiger partial charge on any atom is 0.243 e. The Morgan fingerprint density at radius 1 is 0.914 bits per heavy atom. The summed E-state index contributed by atoms with van der Waals surface area (Å²) in [4.78, 5) is 29.0. The van der Waals surface area contributed by atoms with Crippen molar-refractivity contribution in [1.29, 1.82) is 0 Å². The molecule has 0 heterocycles. The highest BCUT2D eigenvalue weighted by molar-refractivity contribution is 6.31. The predicted octanol–water partition coefficient (Wildman–Crippen LogP) is 5.72. The molecule has 35 heavy (non-hydrogen) atoms. The van der Waals surface area contributed by atoms with Crippen molar-refractivity contribution in [3.05, 3.63) is 106 Å². The van der Waals surface area contributed by atoms with Crippen LogP contribution in [0.25, 0.3) is 0 Å². The van der Waals surface area contributed by atoms with Crippen LogP contribution in [0.1, 0.15) is 42.4 Å². The molecule has 0 saturated heterocycles. The number of nitrogens with one attached hydrogen (secondary N) is 1. The lowest BCUT2D eigenvalue weighted by Gasteiger charge is -2.32. The Labute approximate surface area is 211 Å². The van der Waals surface area contributed by atoms with E-state index >= 15 is 0 Å². The van der Waals surface area contributed by atoms with Crippen molar-refractivity contribution < 1.29 is 14.0 Å². The summed E-state index contributed by atoms with van der Waals surface area (Å²) in [5.41, 5.74) is 2.43. The molecule has 4 nitrogen and oxygen atoms in total. The van der Waals surface area contributed by atoms with Crippen LogP contribution in [0, 0.1) is 5.82 Å². The second-order valence-corrected chi connectivity index (χ2v) is 9.52. The first-order valence-corrected chi connectivity index (χ1v) is 12.5. The molecule has 0 bridgehead atoms. The van der Waals surface area contributed by atoms with Crippen LogP contribution in [0.15, 0.2) is 78.9 Å². The summed E-state index contributed by atoms with van der Waals surface area (Å²) in [7, 11) is 0. The molecule has 0 aliphatic heterocycles. The molecule has 1 aliphatic rings. The Morgan fingerprint density at radius 2 is 1.57 bits per heavy atom. The summed E-state index contributed by atoms with van der Waals surface area (Å²) < 4.78 is 13.6. The molecule has 3 aromatic carbocycles. The third kappa shape index (κ3) is 6.92. The van der Waals surface area contributed by atoms with E-state index in [0.717, 1.165) is 36.8 Å². The maximum absolute atomic E-state index is 13.7. The van der Waals surface area contributed by atoms with Crippen LogP contribution >= 0.6 is 11.6 Å². The fourth-order valence-electron chi connectivity index (χ4n) is 4.61. The minimum atomic E-state index is -0.710. The van der Waals surface area contributed by atoms with Crippen LogP contribution < -0.4 is 5.32 Å². The lowest BCUT2D eigenvalue weighted by molar-refractivity contribution is -0.141. The van der Waals surface area contributed by atoms with Crippen LogP contribution in [-0.2, 0) is 29.0 Å². The van der Waals surface area contributed by atoms with Crippen molar-refractivity contribution in [2.75, 3.05) is 0 Å². The fraction of sp³-hybridized carbons (Fsp3) is 0.310. The normalized spacial score (nSPS) is 14.5. The predicted molar refractivity (Wildman–Crippen MR) is 136 cm³/mol. The van der Waals surface area contributed by atoms with E-state index in [-0.39, 0.29) is 36.6 Å². The van der Waals surface area contributed by atoms with E-state index in [2.05, 4.69) is 5.32 Å². The molecule has 1 atom stereocenters. The lowest BCUT2D eigenvalue weighted by Crippen LogP contribution is -2.52. The van der Waals surface area contributed by atoms with E-state index < -0.39 is 6.04 Å². The number of halogens is 2. The van der Waals surface area contributed by atoms with Crippen molar-refractivity contribution in [3.63, 3.8) is 0 Å². The van der Waals surface area contributed by atoms with Gasteiger partial charge < -0.3 is 10.2 Å². The highest BCUT2D eigenvalue weighted by atomic mass is 35.5. The van der Waals surface area contributed by atoms with E-state index in [1.165, 1.54) is 12.1 Å². The van der Waals surface area contributed by atoms with E-state index in [1.54, 1.807) is 23.1 Å². The molecule has 1 fully saturated rings. The summed E-state index contributed by atoms with van der Waals surface area (Å²) in [6.45, 7) is 0.194. The van der Waals surface area contributed by atoms with Gasteiger partial charge in [-0.2, -0.15) is 0 Å². The Kier molecular flexibility index (Phi) is 8.54. The molecular formula is C29H30ClFN2O2. The number of hydrogen-bond acceptors (Lipinski definition) is 2. The van der Waals surface area contributed by atoms with Gasteiger partial charge >= 0.3 is 0 Å². The summed E-state index contributed by atoms with van der Waals surface area (Å²) in [6.07, 6.45) is 4.56. The van der Waals surface area contributed by atoms with Gasteiger partial charge in [-0.25, -0.2) is 4.39 Å². The van der Waals surface area contributed by atoms with Crippen molar-refractivity contribution in [2.24, 2.45) is 0 Å². The van der Waals surface area contributed by atoms with Gasteiger partial charge in [0.05, 0.1) is 6.42 Å². The van der Waals surface area contributed by atoms with Gasteiger partial charge in [0.2, 0.25) is 11.8 Å². The van der Waals surface area contributed by atoms with Crippen LogP contribution in [0.3, 0.4) is 0 Å². The number of carbonyl (C=O) groups is 2. The lowest BCUT2D eigenvalue weighted by atomic mass is 10.0. The van der Waals surface area contributed by atoms with Crippen LogP contribution in [-0.4, -0.2) is 28.8 Å². The van der Waals surface area contributed by atoms with Crippen molar-refractivity contribution in [2.45, 2.75) is 57.2 Å². The minimum Gasteiger partial charge on any atom is -0.352 e. The van der Waals surface area contributed by atoms with Crippen LogP contribution in [0.5, 0.6) is 0 Å². The van der Waals surface area contributed by atoms with E-state index in [1.807, 2.05) is 48.5 Å². The zero-order chi connectivity index (χ0) is 24.6. The maximum atomic E-state index is 13.7. The van der Waals surface area contributed by atoms with Gasteiger partial charge in [0.15, 0.2) is 0 Å². The third-order valence-corrected chi connectivity index (χ3v) is 6.91. The van der Waals surface area contributed by atoms with Crippen molar-refractivity contribution in [1.82, 2.24) is 10.2 Å². The summed E-state index contributed by atoms with van der Waals surface area (Å²) in [5.74, 6) is -0.706. The first-order chi connectivity index (χ1) is 17.0. The topological polar surface area (TPSA) is 49.4 Å². The number of nitrogens with zero attached hydrogens (tertiary/aromatic N) is 1. The van der Waals surface area contributed by atoms with Gasteiger partial charge in [0.1, 0.15) is 11.9 Å². The van der Waals surface area contributed by atoms with Gasteiger partial charge in [-0.15, -0.1) is 0 Å². The van der Waals surface area contributed by atoms with Crippen LogP contribution in [0.4, 0.5) is 4.39 Å². The molecule has 0 radical (unpaired) electrons. The van der Waals surface area contributed by atoms with Gasteiger partial charge in [-0.1, -0.05) is 85.1 Å². The molecule has 182 valence electrons. The average Bonchev–Trinajstić information content (AvgIpc) is 3.37.